The van der Waals surface area contributed by atoms with Crippen molar-refractivity contribution in [3.8, 4) is 0 Å². The highest BCUT2D eigenvalue weighted by molar-refractivity contribution is 7.98. The fourth-order valence-electron chi connectivity index (χ4n) is 1.96. The fraction of sp³-hybridized carbons (Fsp3) is 0.538. The minimum Gasteiger partial charge on any atom is -0.399 e. The molecule has 0 aromatic heterocycles. The maximum absolute atomic E-state index is 5.80. The van der Waals surface area contributed by atoms with Crippen LogP contribution in [0.1, 0.15) is 18.4 Å². The average molecular weight is 236 g/mol. The first-order valence-electron chi connectivity index (χ1n) is 5.87. The van der Waals surface area contributed by atoms with Gasteiger partial charge in [-0.15, -0.1) is 0 Å². The molecule has 1 fully saturated rings. The molecule has 2 rings (SSSR count). The zero-order valence-corrected chi connectivity index (χ0v) is 10.7. The third kappa shape index (κ3) is 3.42. The van der Waals surface area contributed by atoms with Crippen LogP contribution in [-0.2, 0) is 6.54 Å². The molecule has 0 heterocycles. The summed E-state index contributed by atoms with van der Waals surface area (Å²) in [5.41, 5.74) is 8.02. The second kappa shape index (κ2) is 5.60. The lowest BCUT2D eigenvalue weighted by atomic mass is 10.2. The van der Waals surface area contributed by atoms with Crippen molar-refractivity contribution in [3.05, 3.63) is 29.8 Å². The number of hydrogen-bond donors (Lipinski definition) is 1. The van der Waals surface area contributed by atoms with Crippen molar-refractivity contribution in [1.29, 1.82) is 0 Å². The Morgan fingerprint density at radius 1 is 1.44 bits per heavy atom. The van der Waals surface area contributed by atoms with E-state index in [0.29, 0.717) is 0 Å². The van der Waals surface area contributed by atoms with Crippen LogP contribution in [0.15, 0.2) is 24.3 Å². The highest BCUT2D eigenvalue weighted by atomic mass is 32.2. The van der Waals surface area contributed by atoms with Crippen LogP contribution in [0.25, 0.3) is 0 Å². The van der Waals surface area contributed by atoms with Crippen LogP contribution in [0.3, 0.4) is 0 Å². The average Bonchev–Trinajstić information content (AvgIpc) is 3.08. The monoisotopic (exact) mass is 236 g/mol. The Bertz CT molecular complexity index is 336. The van der Waals surface area contributed by atoms with E-state index in [9.17, 15) is 0 Å². The normalized spacial score (nSPS) is 15.6. The summed E-state index contributed by atoms with van der Waals surface area (Å²) < 4.78 is 0. The third-order valence-corrected chi connectivity index (χ3v) is 3.57. The van der Waals surface area contributed by atoms with Crippen molar-refractivity contribution < 1.29 is 0 Å². The van der Waals surface area contributed by atoms with Gasteiger partial charge in [0.2, 0.25) is 0 Å². The van der Waals surface area contributed by atoms with Crippen LogP contribution in [0, 0.1) is 0 Å². The van der Waals surface area contributed by atoms with Crippen molar-refractivity contribution in [2.24, 2.45) is 0 Å². The second-order valence-electron chi connectivity index (χ2n) is 4.44. The number of rotatable bonds is 6. The maximum atomic E-state index is 5.80. The molecule has 2 nitrogen and oxygen atoms in total. The molecule has 0 radical (unpaired) electrons. The van der Waals surface area contributed by atoms with Gasteiger partial charge >= 0.3 is 0 Å². The van der Waals surface area contributed by atoms with Crippen LogP contribution >= 0.6 is 11.8 Å². The SMILES string of the molecule is CSCCN(Cc1cccc(N)c1)C1CC1. The van der Waals surface area contributed by atoms with Gasteiger partial charge in [-0.3, -0.25) is 4.90 Å². The third-order valence-electron chi connectivity index (χ3n) is 2.98. The standard InChI is InChI=1S/C13H20N2S/c1-16-8-7-15(13-5-6-13)10-11-3-2-4-12(14)9-11/h2-4,9,13H,5-8,10,14H2,1H3. The van der Waals surface area contributed by atoms with E-state index >= 15 is 0 Å². The van der Waals surface area contributed by atoms with E-state index < -0.39 is 0 Å². The lowest BCUT2D eigenvalue weighted by molar-refractivity contribution is 0.272. The summed E-state index contributed by atoms with van der Waals surface area (Å²) in [6, 6.07) is 9.09. The molecular formula is C13H20N2S. The molecule has 0 aliphatic heterocycles. The number of nitrogens with two attached hydrogens (primary N) is 1. The van der Waals surface area contributed by atoms with E-state index in [2.05, 4.69) is 23.3 Å². The zero-order chi connectivity index (χ0) is 11.4. The molecule has 1 aliphatic carbocycles. The summed E-state index contributed by atoms with van der Waals surface area (Å²) in [6.07, 6.45) is 4.92. The van der Waals surface area contributed by atoms with Gasteiger partial charge in [-0.25, -0.2) is 0 Å². The van der Waals surface area contributed by atoms with Gasteiger partial charge in [0.25, 0.3) is 0 Å². The Morgan fingerprint density at radius 3 is 2.88 bits per heavy atom. The van der Waals surface area contributed by atoms with E-state index in [1.807, 2.05) is 23.9 Å². The Kier molecular flexibility index (Phi) is 4.13. The van der Waals surface area contributed by atoms with Gasteiger partial charge in [0.05, 0.1) is 0 Å². The Labute approximate surface area is 102 Å². The van der Waals surface area contributed by atoms with Crippen LogP contribution in [0.2, 0.25) is 0 Å². The number of nitrogens with zero attached hydrogens (tertiary/aromatic N) is 1. The highest BCUT2D eigenvalue weighted by Crippen LogP contribution is 2.28. The Morgan fingerprint density at radius 2 is 2.25 bits per heavy atom. The number of nitrogen functional groups attached to an aromatic ring is 1. The first-order chi connectivity index (χ1) is 7.79. The quantitative estimate of drug-likeness (QED) is 0.770. The molecule has 1 saturated carbocycles. The van der Waals surface area contributed by atoms with Crippen molar-refractivity contribution in [3.63, 3.8) is 0 Å². The smallest absolute Gasteiger partial charge is 0.0317 e. The first-order valence-corrected chi connectivity index (χ1v) is 7.26. The zero-order valence-electron chi connectivity index (χ0n) is 9.86. The van der Waals surface area contributed by atoms with Crippen LogP contribution in [0.4, 0.5) is 5.69 Å². The van der Waals surface area contributed by atoms with Gasteiger partial charge in [0, 0.05) is 30.6 Å². The summed E-state index contributed by atoms with van der Waals surface area (Å²) in [5, 5.41) is 0. The minimum absolute atomic E-state index is 0.827. The first kappa shape index (κ1) is 11.8. The summed E-state index contributed by atoms with van der Waals surface area (Å²) >= 11 is 1.92. The molecule has 1 aromatic carbocycles. The van der Waals surface area contributed by atoms with E-state index in [0.717, 1.165) is 18.3 Å². The Hall–Kier alpha value is -0.670. The van der Waals surface area contributed by atoms with E-state index in [1.54, 1.807) is 0 Å². The van der Waals surface area contributed by atoms with Crippen molar-refractivity contribution in [1.82, 2.24) is 4.90 Å². The molecular weight excluding hydrogens is 216 g/mol. The van der Waals surface area contributed by atoms with Crippen molar-refractivity contribution in [2.45, 2.75) is 25.4 Å². The molecule has 0 unspecified atom stereocenters. The predicted octanol–water partition coefficient (Wildman–Crippen LogP) is 2.60. The van der Waals surface area contributed by atoms with E-state index in [4.69, 9.17) is 5.73 Å². The summed E-state index contributed by atoms with van der Waals surface area (Å²) in [5.74, 6) is 1.22. The molecule has 0 bridgehead atoms. The number of hydrogen-bond acceptors (Lipinski definition) is 3. The maximum Gasteiger partial charge on any atom is 0.0317 e. The highest BCUT2D eigenvalue weighted by Gasteiger charge is 2.28. The molecule has 0 amide bonds. The van der Waals surface area contributed by atoms with Crippen LogP contribution in [0.5, 0.6) is 0 Å². The van der Waals surface area contributed by atoms with Gasteiger partial charge in [-0.1, -0.05) is 12.1 Å². The largest absolute Gasteiger partial charge is 0.399 e. The Balaban J connectivity index is 1.94. The molecule has 1 aliphatic rings. The predicted molar refractivity (Wildman–Crippen MR) is 72.7 cm³/mol. The van der Waals surface area contributed by atoms with Crippen LogP contribution in [-0.4, -0.2) is 29.5 Å². The molecule has 88 valence electrons. The lowest BCUT2D eigenvalue weighted by Crippen LogP contribution is -2.27. The molecule has 0 atom stereocenters. The van der Waals surface area contributed by atoms with Crippen molar-refractivity contribution >= 4 is 17.4 Å². The summed E-state index contributed by atoms with van der Waals surface area (Å²) in [6.45, 7) is 2.25. The molecule has 3 heteroatoms. The molecule has 2 N–H and O–H groups in total. The summed E-state index contributed by atoms with van der Waals surface area (Å²) in [7, 11) is 0. The molecule has 0 saturated heterocycles. The van der Waals surface area contributed by atoms with E-state index in [1.165, 1.54) is 30.7 Å². The van der Waals surface area contributed by atoms with Gasteiger partial charge in [0.15, 0.2) is 0 Å². The van der Waals surface area contributed by atoms with Gasteiger partial charge < -0.3 is 5.73 Å². The minimum atomic E-state index is 0.827. The second-order valence-corrected chi connectivity index (χ2v) is 5.43. The van der Waals surface area contributed by atoms with Gasteiger partial charge in [0.1, 0.15) is 0 Å². The fourth-order valence-corrected chi connectivity index (χ4v) is 2.38. The topological polar surface area (TPSA) is 29.3 Å². The molecule has 16 heavy (non-hydrogen) atoms. The molecule has 1 aromatic rings. The number of anilines is 1. The summed E-state index contributed by atoms with van der Waals surface area (Å²) in [4.78, 5) is 2.59. The van der Waals surface area contributed by atoms with Crippen LogP contribution < -0.4 is 5.73 Å². The van der Waals surface area contributed by atoms with E-state index in [-0.39, 0.29) is 0 Å². The number of thioether (sulfide) groups is 1. The van der Waals surface area contributed by atoms with Gasteiger partial charge in [-0.05, 0) is 36.8 Å². The number of benzene rings is 1. The van der Waals surface area contributed by atoms with Gasteiger partial charge in [-0.2, -0.15) is 11.8 Å². The van der Waals surface area contributed by atoms with Crippen molar-refractivity contribution in [2.75, 3.05) is 24.3 Å². The lowest BCUT2D eigenvalue weighted by Gasteiger charge is -2.21. The molecule has 0 spiro atoms.